The number of hydrogen-bond donors (Lipinski definition) is 1. The molecule has 0 atom stereocenters. The van der Waals surface area contributed by atoms with Crippen LogP contribution in [0.15, 0.2) is 18.3 Å². The molecule has 6 nitrogen and oxygen atoms in total. The Bertz CT molecular complexity index is 512. The van der Waals surface area contributed by atoms with E-state index in [2.05, 4.69) is 10.3 Å². The highest BCUT2D eigenvalue weighted by Gasteiger charge is 2.28. The van der Waals surface area contributed by atoms with Crippen molar-refractivity contribution in [3.05, 3.63) is 23.9 Å². The van der Waals surface area contributed by atoms with Crippen molar-refractivity contribution in [3.63, 3.8) is 0 Å². The number of imide groups is 1. The van der Waals surface area contributed by atoms with Crippen LogP contribution in [-0.4, -0.2) is 34.2 Å². The highest BCUT2D eigenvalue weighted by molar-refractivity contribution is 6.02. The molecule has 1 fully saturated rings. The number of aryl methyl sites for hydroxylation is 1. The topological polar surface area (TPSA) is 79.4 Å². The van der Waals surface area contributed by atoms with Crippen LogP contribution < -0.4 is 5.32 Å². The van der Waals surface area contributed by atoms with Gasteiger partial charge in [0.25, 0.3) is 0 Å². The van der Waals surface area contributed by atoms with Gasteiger partial charge in [-0.25, -0.2) is 4.98 Å². The largest absolute Gasteiger partial charge is 0.311 e. The molecular formula is C13H15N3O3. The fourth-order valence-corrected chi connectivity index (χ4v) is 1.90. The number of hydrogen-bond acceptors (Lipinski definition) is 4. The zero-order valence-electron chi connectivity index (χ0n) is 10.7. The molecule has 0 spiro atoms. The second kappa shape index (κ2) is 5.60. The number of nitrogens with zero attached hydrogens (tertiary/aromatic N) is 2. The van der Waals surface area contributed by atoms with Crippen molar-refractivity contribution in [1.82, 2.24) is 9.88 Å². The minimum atomic E-state index is -0.259. The van der Waals surface area contributed by atoms with Crippen LogP contribution in [-0.2, 0) is 14.4 Å². The number of aromatic nitrogens is 1. The monoisotopic (exact) mass is 261 g/mol. The maximum absolute atomic E-state index is 11.7. The molecule has 3 amide bonds. The summed E-state index contributed by atoms with van der Waals surface area (Å²) in [5, 5.41) is 2.64. The van der Waals surface area contributed by atoms with Crippen molar-refractivity contribution >= 4 is 23.5 Å². The Labute approximate surface area is 110 Å². The molecule has 1 aliphatic heterocycles. The smallest absolute Gasteiger partial charge is 0.229 e. The molecule has 0 aliphatic carbocycles. The summed E-state index contributed by atoms with van der Waals surface area (Å²) in [6.45, 7) is 2.04. The molecule has 1 aromatic rings. The van der Waals surface area contributed by atoms with Crippen molar-refractivity contribution in [1.29, 1.82) is 0 Å². The van der Waals surface area contributed by atoms with Crippen LogP contribution >= 0.6 is 0 Å². The summed E-state index contributed by atoms with van der Waals surface area (Å²) in [6, 6.07) is 3.58. The van der Waals surface area contributed by atoms with Gasteiger partial charge < -0.3 is 5.32 Å². The quantitative estimate of drug-likeness (QED) is 0.815. The van der Waals surface area contributed by atoms with Gasteiger partial charge in [0.15, 0.2) is 0 Å². The van der Waals surface area contributed by atoms with Gasteiger partial charge in [-0.05, 0) is 24.6 Å². The van der Waals surface area contributed by atoms with Crippen LogP contribution in [0.4, 0.5) is 5.82 Å². The molecule has 0 bridgehead atoms. The van der Waals surface area contributed by atoms with Crippen molar-refractivity contribution in [2.24, 2.45) is 0 Å². The predicted molar refractivity (Wildman–Crippen MR) is 68.2 cm³/mol. The van der Waals surface area contributed by atoms with E-state index in [4.69, 9.17) is 0 Å². The zero-order valence-corrected chi connectivity index (χ0v) is 10.7. The Morgan fingerprint density at radius 1 is 1.37 bits per heavy atom. The van der Waals surface area contributed by atoms with Crippen molar-refractivity contribution in [2.45, 2.75) is 26.2 Å². The summed E-state index contributed by atoms with van der Waals surface area (Å²) in [5.74, 6) is -0.187. The van der Waals surface area contributed by atoms with Gasteiger partial charge >= 0.3 is 0 Å². The summed E-state index contributed by atoms with van der Waals surface area (Å²) in [6.07, 6.45) is 2.20. The molecule has 1 N–H and O–H groups in total. The minimum Gasteiger partial charge on any atom is -0.311 e. The van der Waals surface area contributed by atoms with E-state index in [9.17, 15) is 14.4 Å². The zero-order chi connectivity index (χ0) is 13.8. The average molecular weight is 261 g/mol. The molecule has 0 unspecified atom stereocenters. The number of carbonyl (C=O) groups excluding carboxylic acids is 3. The molecule has 1 saturated heterocycles. The van der Waals surface area contributed by atoms with Gasteiger partial charge in [-0.1, -0.05) is 0 Å². The molecular weight excluding hydrogens is 246 g/mol. The molecule has 1 aromatic heterocycles. The SMILES string of the molecule is Cc1ccnc(NC(=O)CCN2C(=O)CCC2=O)c1. The molecule has 6 heteroatoms. The lowest BCUT2D eigenvalue weighted by molar-refractivity contribution is -0.138. The molecule has 0 radical (unpaired) electrons. The maximum Gasteiger partial charge on any atom is 0.229 e. The van der Waals surface area contributed by atoms with Crippen LogP contribution in [0, 0.1) is 6.92 Å². The number of pyridine rings is 1. The lowest BCUT2D eigenvalue weighted by Crippen LogP contribution is -2.32. The first-order valence-corrected chi connectivity index (χ1v) is 6.12. The molecule has 2 heterocycles. The Hall–Kier alpha value is -2.24. The summed E-state index contributed by atoms with van der Waals surface area (Å²) in [4.78, 5) is 39.6. The van der Waals surface area contributed by atoms with Gasteiger partial charge in [-0.2, -0.15) is 0 Å². The first-order chi connectivity index (χ1) is 9.06. The molecule has 100 valence electrons. The van der Waals surface area contributed by atoms with E-state index in [0.717, 1.165) is 10.5 Å². The Morgan fingerprint density at radius 2 is 2.05 bits per heavy atom. The third kappa shape index (κ3) is 3.37. The minimum absolute atomic E-state index is 0.0904. The third-order valence-corrected chi connectivity index (χ3v) is 2.90. The molecule has 0 aromatic carbocycles. The highest BCUT2D eigenvalue weighted by Crippen LogP contribution is 2.12. The van der Waals surface area contributed by atoms with E-state index < -0.39 is 0 Å². The first kappa shape index (κ1) is 13.2. The molecule has 1 aliphatic rings. The predicted octanol–water partition coefficient (Wildman–Crippen LogP) is 0.868. The van der Waals surface area contributed by atoms with Crippen molar-refractivity contribution in [3.8, 4) is 0 Å². The number of anilines is 1. The normalized spacial score (nSPS) is 14.9. The van der Waals surface area contributed by atoms with E-state index in [-0.39, 0.29) is 43.5 Å². The first-order valence-electron chi connectivity index (χ1n) is 6.12. The number of nitrogens with one attached hydrogen (secondary N) is 1. The maximum atomic E-state index is 11.7. The highest BCUT2D eigenvalue weighted by atomic mass is 16.2. The second-order valence-corrected chi connectivity index (χ2v) is 4.46. The van der Waals surface area contributed by atoms with E-state index in [1.807, 2.05) is 13.0 Å². The Kier molecular flexibility index (Phi) is 3.89. The standard InChI is InChI=1S/C13H15N3O3/c1-9-4-6-14-10(8-9)15-11(17)5-7-16-12(18)2-3-13(16)19/h4,6,8H,2-3,5,7H2,1H3,(H,14,15,17). The fraction of sp³-hybridized carbons (Fsp3) is 0.385. The van der Waals surface area contributed by atoms with E-state index in [1.165, 1.54) is 0 Å². The van der Waals surface area contributed by atoms with Gasteiger partial charge in [-0.15, -0.1) is 0 Å². The van der Waals surface area contributed by atoms with E-state index >= 15 is 0 Å². The summed E-state index contributed by atoms with van der Waals surface area (Å²) in [5.41, 5.74) is 0.996. The summed E-state index contributed by atoms with van der Waals surface area (Å²) < 4.78 is 0. The second-order valence-electron chi connectivity index (χ2n) is 4.46. The van der Waals surface area contributed by atoms with Crippen LogP contribution in [0.2, 0.25) is 0 Å². The van der Waals surface area contributed by atoms with Crippen LogP contribution in [0.25, 0.3) is 0 Å². The van der Waals surface area contributed by atoms with Crippen LogP contribution in [0.3, 0.4) is 0 Å². The number of amides is 3. The number of rotatable bonds is 4. The lowest BCUT2D eigenvalue weighted by atomic mass is 10.3. The van der Waals surface area contributed by atoms with Gasteiger partial charge in [0.2, 0.25) is 17.7 Å². The average Bonchev–Trinajstić information content (AvgIpc) is 2.67. The Balaban J connectivity index is 1.85. The molecule has 2 rings (SSSR count). The summed E-state index contributed by atoms with van der Waals surface area (Å²) >= 11 is 0. The fourth-order valence-electron chi connectivity index (χ4n) is 1.90. The van der Waals surface area contributed by atoms with Gasteiger partial charge in [0.1, 0.15) is 5.82 Å². The van der Waals surface area contributed by atoms with Crippen molar-refractivity contribution in [2.75, 3.05) is 11.9 Å². The van der Waals surface area contributed by atoms with Gasteiger partial charge in [-0.3, -0.25) is 19.3 Å². The summed E-state index contributed by atoms with van der Waals surface area (Å²) in [7, 11) is 0. The van der Waals surface area contributed by atoms with Crippen LogP contribution in [0.1, 0.15) is 24.8 Å². The van der Waals surface area contributed by atoms with Gasteiger partial charge in [0, 0.05) is 32.0 Å². The van der Waals surface area contributed by atoms with E-state index in [1.54, 1.807) is 12.3 Å². The lowest BCUT2D eigenvalue weighted by Gasteiger charge is -2.13. The number of carbonyl (C=O) groups is 3. The Morgan fingerprint density at radius 3 is 2.68 bits per heavy atom. The molecule has 0 saturated carbocycles. The van der Waals surface area contributed by atoms with Crippen molar-refractivity contribution < 1.29 is 14.4 Å². The number of likely N-dealkylation sites (tertiary alicyclic amines) is 1. The molecule has 19 heavy (non-hydrogen) atoms. The van der Waals surface area contributed by atoms with E-state index in [0.29, 0.717) is 5.82 Å². The van der Waals surface area contributed by atoms with Gasteiger partial charge in [0.05, 0.1) is 0 Å². The van der Waals surface area contributed by atoms with Crippen LogP contribution in [0.5, 0.6) is 0 Å². The third-order valence-electron chi connectivity index (χ3n) is 2.90.